The molecule has 0 radical (unpaired) electrons. The third-order valence-corrected chi connectivity index (χ3v) is 4.96. The van der Waals surface area contributed by atoms with E-state index in [2.05, 4.69) is 20.5 Å². The molecule has 0 spiro atoms. The largest absolute Gasteiger partial charge is 0.322 e. The molecule has 0 atom stereocenters. The summed E-state index contributed by atoms with van der Waals surface area (Å²) in [5.74, 6) is 0.422. The van der Waals surface area contributed by atoms with Gasteiger partial charge in [0, 0.05) is 39.8 Å². The number of carbonyl (C=O) groups excluding carboxylic acids is 1. The molecule has 3 heterocycles. The van der Waals surface area contributed by atoms with Gasteiger partial charge in [0.1, 0.15) is 0 Å². The first kappa shape index (κ1) is 18.9. The fraction of sp³-hybridized carbons (Fsp3) is 0. The van der Waals surface area contributed by atoms with E-state index in [-0.39, 0.29) is 5.91 Å². The number of amides is 1. The van der Waals surface area contributed by atoms with Crippen molar-refractivity contribution < 1.29 is 4.79 Å². The van der Waals surface area contributed by atoms with Crippen molar-refractivity contribution in [2.24, 2.45) is 0 Å². The van der Waals surface area contributed by atoms with E-state index in [4.69, 9.17) is 16.7 Å². The van der Waals surface area contributed by atoms with Crippen LogP contribution in [0.15, 0.2) is 85.2 Å². The predicted octanol–water partition coefficient (Wildman–Crippen LogP) is 4.76. The van der Waals surface area contributed by atoms with E-state index in [1.165, 1.54) is 0 Å². The van der Waals surface area contributed by atoms with Gasteiger partial charge in [0.15, 0.2) is 11.5 Å². The molecule has 31 heavy (non-hydrogen) atoms. The molecule has 0 fully saturated rings. The van der Waals surface area contributed by atoms with Gasteiger partial charge >= 0.3 is 0 Å². The zero-order valence-electron chi connectivity index (χ0n) is 16.1. The number of nitrogens with zero attached hydrogens (tertiary/aromatic N) is 5. The maximum atomic E-state index is 12.4. The molecule has 1 amide bonds. The molecule has 0 saturated carbocycles. The highest BCUT2D eigenvalue weighted by Gasteiger charge is 2.11. The van der Waals surface area contributed by atoms with Crippen LogP contribution in [0.4, 0.5) is 5.69 Å². The molecule has 0 unspecified atom stereocenters. The van der Waals surface area contributed by atoms with Crippen molar-refractivity contribution in [2.75, 3.05) is 5.32 Å². The lowest BCUT2D eigenvalue weighted by molar-refractivity contribution is 0.102. The van der Waals surface area contributed by atoms with Gasteiger partial charge in [-0.3, -0.25) is 9.78 Å². The summed E-state index contributed by atoms with van der Waals surface area (Å²) < 4.78 is 1.71. The fourth-order valence-electron chi connectivity index (χ4n) is 3.18. The zero-order chi connectivity index (χ0) is 21.2. The van der Waals surface area contributed by atoms with Crippen molar-refractivity contribution in [3.05, 3.63) is 95.8 Å². The predicted molar refractivity (Wildman–Crippen MR) is 119 cm³/mol. The molecule has 3 aromatic heterocycles. The fourth-order valence-corrected chi connectivity index (χ4v) is 3.37. The number of fused-ring (bicyclic) bond motifs is 1. The molecular formula is C23H15ClN6O. The molecule has 1 N–H and O–H groups in total. The van der Waals surface area contributed by atoms with E-state index in [1.54, 1.807) is 41.2 Å². The molecule has 0 saturated heterocycles. The summed E-state index contributed by atoms with van der Waals surface area (Å²) in [7, 11) is 0. The van der Waals surface area contributed by atoms with Crippen LogP contribution in [0, 0.1) is 0 Å². The molecule has 0 aliphatic carbocycles. The highest BCUT2D eigenvalue weighted by atomic mass is 35.5. The normalized spacial score (nSPS) is 10.9. The van der Waals surface area contributed by atoms with Crippen molar-refractivity contribution in [3.63, 3.8) is 0 Å². The lowest BCUT2D eigenvalue weighted by Gasteiger charge is -2.07. The van der Waals surface area contributed by atoms with Crippen molar-refractivity contribution in [1.82, 2.24) is 24.8 Å². The minimum atomic E-state index is -0.221. The Bertz CT molecular complexity index is 1380. The van der Waals surface area contributed by atoms with E-state index >= 15 is 0 Å². The summed E-state index contributed by atoms with van der Waals surface area (Å²) >= 11 is 5.96. The first-order valence-electron chi connectivity index (χ1n) is 9.47. The van der Waals surface area contributed by atoms with Crippen molar-refractivity contribution >= 4 is 28.8 Å². The lowest BCUT2D eigenvalue weighted by Crippen LogP contribution is -2.11. The Hall–Kier alpha value is -4.10. The second-order valence-electron chi connectivity index (χ2n) is 6.79. The molecule has 150 valence electrons. The minimum Gasteiger partial charge on any atom is -0.322 e. The van der Waals surface area contributed by atoms with Gasteiger partial charge in [-0.1, -0.05) is 29.8 Å². The number of nitrogens with one attached hydrogen (secondary N) is 1. The highest BCUT2D eigenvalue weighted by Crippen LogP contribution is 2.23. The smallest absolute Gasteiger partial charge is 0.255 e. The van der Waals surface area contributed by atoms with Crippen molar-refractivity contribution in [3.8, 4) is 22.6 Å². The van der Waals surface area contributed by atoms with E-state index in [9.17, 15) is 4.79 Å². The molecule has 5 rings (SSSR count). The third-order valence-electron chi connectivity index (χ3n) is 4.73. The topological polar surface area (TPSA) is 85.1 Å². The second kappa shape index (κ2) is 7.97. The molecular weight excluding hydrogens is 412 g/mol. The third kappa shape index (κ3) is 3.86. The summed E-state index contributed by atoms with van der Waals surface area (Å²) in [4.78, 5) is 16.4. The van der Waals surface area contributed by atoms with Gasteiger partial charge in [0.25, 0.3) is 5.91 Å². The average molecular weight is 427 g/mol. The maximum Gasteiger partial charge on any atom is 0.255 e. The maximum absolute atomic E-state index is 12.4. The van der Waals surface area contributed by atoms with Crippen LogP contribution < -0.4 is 5.32 Å². The van der Waals surface area contributed by atoms with Gasteiger partial charge in [-0.15, -0.1) is 10.2 Å². The minimum absolute atomic E-state index is 0.221. The van der Waals surface area contributed by atoms with E-state index in [0.717, 1.165) is 16.8 Å². The summed E-state index contributed by atoms with van der Waals surface area (Å²) in [6.45, 7) is 0. The van der Waals surface area contributed by atoms with Crippen LogP contribution in [0.1, 0.15) is 10.4 Å². The van der Waals surface area contributed by atoms with E-state index in [1.807, 2.05) is 48.5 Å². The zero-order valence-corrected chi connectivity index (χ0v) is 16.9. The van der Waals surface area contributed by atoms with Gasteiger partial charge in [0.2, 0.25) is 0 Å². The molecule has 8 heteroatoms. The number of rotatable bonds is 4. The number of carbonyl (C=O) groups is 1. The summed E-state index contributed by atoms with van der Waals surface area (Å²) in [5.41, 5.74) is 4.37. The van der Waals surface area contributed by atoms with Crippen LogP contribution in [0.2, 0.25) is 5.02 Å². The Morgan fingerprint density at radius 1 is 0.871 bits per heavy atom. The Balaban J connectivity index is 1.41. The number of pyridine rings is 1. The molecule has 0 bridgehead atoms. The van der Waals surface area contributed by atoms with Crippen LogP contribution in [0.3, 0.4) is 0 Å². The summed E-state index contributed by atoms with van der Waals surface area (Å²) in [6, 6.07) is 21.8. The summed E-state index contributed by atoms with van der Waals surface area (Å²) in [5, 5.41) is 16.5. The average Bonchev–Trinajstić information content (AvgIpc) is 3.23. The van der Waals surface area contributed by atoms with Crippen LogP contribution in [-0.4, -0.2) is 30.7 Å². The Morgan fingerprint density at radius 2 is 1.68 bits per heavy atom. The molecule has 0 aliphatic rings. The Labute approximate surface area is 182 Å². The quantitative estimate of drug-likeness (QED) is 0.448. The van der Waals surface area contributed by atoms with Gasteiger partial charge in [0.05, 0.1) is 5.69 Å². The van der Waals surface area contributed by atoms with Crippen LogP contribution >= 0.6 is 11.6 Å². The number of hydrogen-bond acceptors (Lipinski definition) is 5. The number of benzene rings is 2. The van der Waals surface area contributed by atoms with Crippen LogP contribution in [0.25, 0.3) is 28.3 Å². The second-order valence-corrected chi connectivity index (χ2v) is 7.23. The Morgan fingerprint density at radius 3 is 2.45 bits per heavy atom. The highest BCUT2D eigenvalue weighted by molar-refractivity contribution is 6.31. The van der Waals surface area contributed by atoms with Gasteiger partial charge in [-0.25, -0.2) is 0 Å². The van der Waals surface area contributed by atoms with E-state index < -0.39 is 0 Å². The van der Waals surface area contributed by atoms with Crippen LogP contribution in [-0.2, 0) is 0 Å². The van der Waals surface area contributed by atoms with Gasteiger partial charge in [-0.05, 0) is 54.6 Å². The Kier molecular flexibility index (Phi) is 4.86. The standard InChI is InChI=1S/C23H15ClN6O/c24-18-3-1-2-17(14-18)23(31)26-19-6-4-15(5-7-19)20-8-9-21-27-28-22(30(21)29-20)16-10-12-25-13-11-16/h1-14H,(H,26,31). The molecule has 0 aliphatic heterocycles. The van der Waals surface area contributed by atoms with E-state index in [0.29, 0.717) is 27.7 Å². The first-order valence-corrected chi connectivity index (χ1v) is 9.85. The monoisotopic (exact) mass is 426 g/mol. The van der Waals surface area contributed by atoms with Crippen molar-refractivity contribution in [1.29, 1.82) is 0 Å². The first-order chi connectivity index (χ1) is 15.2. The number of hydrogen-bond donors (Lipinski definition) is 1. The van der Waals surface area contributed by atoms with Crippen molar-refractivity contribution in [2.45, 2.75) is 0 Å². The number of aromatic nitrogens is 5. The molecule has 5 aromatic rings. The molecule has 2 aromatic carbocycles. The lowest BCUT2D eigenvalue weighted by atomic mass is 10.1. The molecule has 7 nitrogen and oxygen atoms in total. The summed E-state index contributed by atoms with van der Waals surface area (Å²) in [6.07, 6.45) is 3.41. The number of anilines is 1. The van der Waals surface area contributed by atoms with Gasteiger partial charge < -0.3 is 5.32 Å². The van der Waals surface area contributed by atoms with Gasteiger partial charge in [-0.2, -0.15) is 9.61 Å². The SMILES string of the molecule is O=C(Nc1ccc(-c2ccc3nnc(-c4ccncc4)n3n2)cc1)c1cccc(Cl)c1. The van der Waals surface area contributed by atoms with Crippen LogP contribution in [0.5, 0.6) is 0 Å². The number of halogens is 1.